The highest BCUT2D eigenvalue weighted by molar-refractivity contribution is 5.93. The summed E-state index contributed by atoms with van der Waals surface area (Å²) in [5.41, 5.74) is 0.637. The SMILES string of the molecule is CN(C)C(=O)c1ccc(NC2CCCCCCC2)nc1. The van der Waals surface area contributed by atoms with Gasteiger partial charge in [-0.2, -0.15) is 0 Å². The second-order valence-electron chi connectivity index (χ2n) is 5.82. The van der Waals surface area contributed by atoms with Gasteiger partial charge in [-0.05, 0) is 25.0 Å². The molecule has 0 radical (unpaired) electrons. The van der Waals surface area contributed by atoms with Crippen molar-refractivity contribution in [3.05, 3.63) is 23.9 Å². The first kappa shape index (κ1) is 14.8. The maximum Gasteiger partial charge on any atom is 0.254 e. The van der Waals surface area contributed by atoms with Crippen LogP contribution in [-0.2, 0) is 0 Å². The maximum atomic E-state index is 11.8. The molecule has 0 bridgehead atoms. The minimum absolute atomic E-state index is 0.00463. The first-order chi connectivity index (χ1) is 9.66. The number of hydrogen-bond donors (Lipinski definition) is 1. The molecule has 1 aliphatic rings. The number of nitrogens with zero attached hydrogens (tertiary/aromatic N) is 2. The molecule has 1 aromatic rings. The van der Waals surface area contributed by atoms with Gasteiger partial charge >= 0.3 is 0 Å². The predicted molar refractivity (Wildman–Crippen MR) is 82.0 cm³/mol. The maximum absolute atomic E-state index is 11.8. The third-order valence-corrected chi connectivity index (χ3v) is 3.87. The molecular weight excluding hydrogens is 250 g/mol. The van der Waals surface area contributed by atoms with Gasteiger partial charge in [0.2, 0.25) is 0 Å². The lowest BCUT2D eigenvalue weighted by atomic mass is 9.97. The molecule has 4 heteroatoms. The summed E-state index contributed by atoms with van der Waals surface area (Å²) in [5, 5.41) is 3.51. The molecule has 1 N–H and O–H groups in total. The average Bonchev–Trinajstić information content (AvgIpc) is 2.41. The molecule has 1 amide bonds. The summed E-state index contributed by atoms with van der Waals surface area (Å²) in [5.74, 6) is 0.876. The van der Waals surface area contributed by atoms with Crippen molar-refractivity contribution in [3.8, 4) is 0 Å². The molecule has 0 saturated heterocycles. The van der Waals surface area contributed by atoms with Crippen molar-refractivity contribution in [2.75, 3.05) is 19.4 Å². The minimum atomic E-state index is -0.00463. The van der Waals surface area contributed by atoms with Gasteiger partial charge in [-0.3, -0.25) is 4.79 Å². The predicted octanol–water partition coefficient (Wildman–Crippen LogP) is 3.31. The highest BCUT2D eigenvalue weighted by Gasteiger charge is 2.12. The van der Waals surface area contributed by atoms with Crippen molar-refractivity contribution in [2.45, 2.75) is 51.0 Å². The molecule has 1 heterocycles. The van der Waals surface area contributed by atoms with Crippen molar-refractivity contribution < 1.29 is 4.79 Å². The number of pyridine rings is 1. The third kappa shape index (κ3) is 4.22. The summed E-state index contributed by atoms with van der Waals surface area (Å²) in [4.78, 5) is 17.7. The number of carbonyl (C=O) groups excluding carboxylic acids is 1. The summed E-state index contributed by atoms with van der Waals surface area (Å²) in [6, 6.07) is 4.29. The Kier molecular flexibility index (Phi) is 5.39. The molecule has 110 valence electrons. The molecular formula is C16H25N3O. The smallest absolute Gasteiger partial charge is 0.254 e. The third-order valence-electron chi connectivity index (χ3n) is 3.87. The van der Waals surface area contributed by atoms with E-state index in [-0.39, 0.29) is 5.91 Å². The number of rotatable bonds is 3. The van der Waals surface area contributed by atoms with Gasteiger partial charge in [0.05, 0.1) is 5.56 Å². The fourth-order valence-electron chi connectivity index (χ4n) is 2.67. The molecule has 1 aliphatic carbocycles. The molecule has 2 rings (SSSR count). The number of amides is 1. The summed E-state index contributed by atoms with van der Waals surface area (Å²) >= 11 is 0. The van der Waals surface area contributed by atoms with E-state index in [1.54, 1.807) is 25.2 Å². The Morgan fingerprint density at radius 1 is 1.15 bits per heavy atom. The van der Waals surface area contributed by atoms with E-state index in [2.05, 4.69) is 10.3 Å². The molecule has 0 spiro atoms. The summed E-state index contributed by atoms with van der Waals surface area (Å²) < 4.78 is 0. The standard InChI is InChI=1S/C16H25N3O/c1-19(2)16(20)13-10-11-15(17-12-13)18-14-8-6-4-3-5-7-9-14/h10-12,14H,3-9H2,1-2H3,(H,17,18). The van der Waals surface area contributed by atoms with E-state index < -0.39 is 0 Å². The van der Waals surface area contributed by atoms with Gasteiger partial charge < -0.3 is 10.2 Å². The van der Waals surface area contributed by atoms with Gasteiger partial charge in [0.1, 0.15) is 5.82 Å². The van der Waals surface area contributed by atoms with Gasteiger partial charge in [0, 0.05) is 26.3 Å². The van der Waals surface area contributed by atoms with Crippen LogP contribution < -0.4 is 5.32 Å². The second kappa shape index (κ2) is 7.27. The first-order valence-electron chi connectivity index (χ1n) is 7.61. The molecule has 20 heavy (non-hydrogen) atoms. The van der Waals surface area contributed by atoms with Crippen molar-refractivity contribution in [3.63, 3.8) is 0 Å². The van der Waals surface area contributed by atoms with Crippen LogP contribution in [0.25, 0.3) is 0 Å². The van der Waals surface area contributed by atoms with E-state index in [0.717, 1.165) is 5.82 Å². The van der Waals surface area contributed by atoms with Crippen LogP contribution in [0.2, 0.25) is 0 Å². The van der Waals surface area contributed by atoms with Crippen LogP contribution in [0.5, 0.6) is 0 Å². The molecule has 0 atom stereocenters. The van der Waals surface area contributed by atoms with E-state index in [4.69, 9.17) is 0 Å². The van der Waals surface area contributed by atoms with Gasteiger partial charge in [-0.1, -0.05) is 32.1 Å². The van der Waals surface area contributed by atoms with E-state index >= 15 is 0 Å². The Labute approximate surface area is 121 Å². The Bertz CT molecular complexity index is 420. The summed E-state index contributed by atoms with van der Waals surface area (Å²) in [7, 11) is 3.51. The average molecular weight is 275 g/mol. The Morgan fingerprint density at radius 2 is 1.80 bits per heavy atom. The molecule has 0 aliphatic heterocycles. The van der Waals surface area contributed by atoms with Crippen molar-refractivity contribution >= 4 is 11.7 Å². The molecule has 0 aromatic carbocycles. The first-order valence-corrected chi connectivity index (χ1v) is 7.61. The topological polar surface area (TPSA) is 45.2 Å². The zero-order valence-corrected chi connectivity index (χ0v) is 12.6. The largest absolute Gasteiger partial charge is 0.367 e. The molecule has 4 nitrogen and oxygen atoms in total. The van der Waals surface area contributed by atoms with E-state index in [9.17, 15) is 4.79 Å². The monoisotopic (exact) mass is 275 g/mol. The number of hydrogen-bond acceptors (Lipinski definition) is 3. The zero-order chi connectivity index (χ0) is 14.4. The molecule has 0 unspecified atom stereocenters. The molecule has 1 aromatic heterocycles. The van der Waals surface area contributed by atoms with Gasteiger partial charge in [0.15, 0.2) is 0 Å². The van der Waals surface area contributed by atoms with Crippen molar-refractivity contribution in [1.29, 1.82) is 0 Å². The molecule has 1 saturated carbocycles. The van der Waals surface area contributed by atoms with Crippen molar-refractivity contribution in [1.82, 2.24) is 9.88 Å². The number of carbonyl (C=O) groups is 1. The van der Waals surface area contributed by atoms with Crippen LogP contribution in [0.15, 0.2) is 18.3 Å². The van der Waals surface area contributed by atoms with Crippen LogP contribution in [-0.4, -0.2) is 35.9 Å². The second-order valence-corrected chi connectivity index (χ2v) is 5.82. The van der Waals surface area contributed by atoms with Crippen LogP contribution in [0.4, 0.5) is 5.82 Å². The summed E-state index contributed by atoms with van der Waals surface area (Å²) in [6.07, 6.45) is 10.8. The van der Waals surface area contributed by atoms with Crippen LogP contribution in [0.1, 0.15) is 55.3 Å². The summed E-state index contributed by atoms with van der Waals surface area (Å²) in [6.45, 7) is 0. The fourth-order valence-corrected chi connectivity index (χ4v) is 2.67. The van der Waals surface area contributed by atoms with E-state index in [1.165, 1.54) is 44.9 Å². The Hall–Kier alpha value is -1.58. The number of anilines is 1. The van der Waals surface area contributed by atoms with Gasteiger partial charge in [0.25, 0.3) is 5.91 Å². The minimum Gasteiger partial charge on any atom is -0.367 e. The van der Waals surface area contributed by atoms with E-state index in [0.29, 0.717) is 11.6 Å². The van der Waals surface area contributed by atoms with Crippen LogP contribution >= 0.6 is 0 Å². The molecule has 1 fully saturated rings. The van der Waals surface area contributed by atoms with Crippen LogP contribution in [0.3, 0.4) is 0 Å². The normalized spacial score (nSPS) is 17.1. The zero-order valence-electron chi connectivity index (χ0n) is 12.6. The van der Waals surface area contributed by atoms with E-state index in [1.807, 2.05) is 12.1 Å². The van der Waals surface area contributed by atoms with Crippen LogP contribution in [0, 0.1) is 0 Å². The Balaban J connectivity index is 1.94. The highest BCUT2D eigenvalue weighted by atomic mass is 16.2. The lowest BCUT2D eigenvalue weighted by Gasteiger charge is -2.21. The Morgan fingerprint density at radius 3 is 2.35 bits per heavy atom. The number of nitrogens with one attached hydrogen (secondary N) is 1. The van der Waals surface area contributed by atoms with Gasteiger partial charge in [-0.15, -0.1) is 0 Å². The van der Waals surface area contributed by atoms with Crippen molar-refractivity contribution in [2.24, 2.45) is 0 Å². The highest BCUT2D eigenvalue weighted by Crippen LogP contribution is 2.20. The lowest BCUT2D eigenvalue weighted by molar-refractivity contribution is 0.0827. The fraction of sp³-hybridized carbons (Fsp3) is 0.625. The quantitative estimate of drug-likeness (QED) is 0.920. The lowest BCUT2D eigenvalue weighted by Crippen LogP contribution is -2.23. The van der Waals surface area contributed by atoms with Gasteiger partial charge in [-0.25, -0.2) is 4.98 Å². The number of aromatic nitrogens is 1.